The summed E-state index contributed by atoms with van der Waals surface area (Å²) in [6, 6.07) is 35.8. The van der Waals surface area contributed by atoms with Crippen molar-refractivity contribution in [2.75, 3.05) is 0 Å². The fourth-order valence-corrected chi connectivity index (χ4v) is 5.99. The van der Waals surface area contributed by atoms with Crippen molar-refractivity contribution in [3.05, 3.63) is 132 Å². The molecule has 178 valence electrons. The maximum Gasteiger partial charge on any atom is 0.242 e. The summed E-state index contributed by atoms with van der Waals surface area (Å²) in [6.07, 6.45) is 3.82. The number of nitrogens with zero attached hydrogens (tertiary/aromatic N) is 1. The lowest BCUT2D eigenvalue weighted by Gasteiger charge is -2.23. The first-order valence-corrected chi connectivity index (χ1v) is 13.0. The molecule has 2 heteroatoms. The van der Waals surface area contributed by atoms with Gasteiger partial charge in [-0.3, -0.25) is 4.98 Å². The fourth-order valence-electron chi connectivity index (χ4n) is 5.99. The zero-order valence-electron chi connectivity index (χ0n) is 21.9. The maximum atomic E-state index is 4.34. The molecular formula is C35H30BN. The summed E-state index contributed by atoms with van der Waals surface area (Å²) < 4.78 is 0. The molecule has 0 atom stereocenters. The average molecular weight is 475 g/mol. The molecule has 0 N–H and O–H groups in total. The van der Waals surface area contributed by atoms with Crippen molar-refractivity contribution in [3.8, 4) is 11.1 Å². The van der Waals surface area contributed by atoms with E-state index < -0.39 is 0 Å². The van der Waals surface area contributed by atoms with Crippen molar-refractivity contribution in [1.29, 1.82) is 0 Å². The van der Waals surface area contributed by atoms with Crippen LogP contribution in [-0.2, 0) is 0 Å². The highest BCUT2D eigenvalue weighted by Crippen LogP contribution is 2.29. The van der Waals surface area contributed by atoms with E-state index in [1.165, 1.54) is 71.3 Å². The van der Waals surface area contributed by atoms with Gasteiger partial charge in [0.25, 0.3) is 0 Å². The molecule has 0 bridgehead atoms. The normalized spacial score (nSPS) is 11.2. The summed E-state index contributed by atoms with van der Waals surface area (Å²) in [4.78, 5) is 4.34. The molecule has 0 saturated carbocycles. The van der Waals surface area contributed by atoms with Crippen LogP contribution in [-0.4, -0.2) is 11.7 Å². The quantitative estimate of drug-likeness (QED) is 0.202. The molecule has 6 aromatic rings. The van der Waals surface area contributed by atoms with E-state index in [2.05, 4.69) is 130 Å². The van der Waals surface area contributed by atoms with Crippen LogP contribution in [0.15, 0.2) is 109 Å². The van der Waals surface area contributed by atoms with Crippen LogP contribution in [0.1, 0.15) is 22.3 Å². The highest BCUT2D eigenvalue weighted by Gasteiger charge is 2.27. The van der Waals surface area contributed by atoms with Gasteiger partial charge in [-0.05, 0) is 67.1 Å². The second-order valence-electron chi connectivity index (χ2n) is 10.3. The van der Waals surface area contributed by atoms with Crippen molar-refractivity contribution in [1.82, 2.24) is 4.98 Å². The molecule has 0 aliphatic rings. The monoisotopic (exact) mass is 475 g/mol. The summed E-state index contributed by atoms with van der Waals surface area (Å²) in [5.74, 6) is 0. The van der Waals surface area contributed by atoms with E-state index in [0.29, 0.717) is 0 Å². The second-order valence-corrected chi connectivity index (χ2v) is 10.3. The standard InChI is InChI=1S/C35H30BN/c1-23-7-5-8-24(2)34(23)36(35-25(3)9-6-10-26(35)4)31-16-13-27(14-17-31)29-15-18-32-30(21-29)12-11-28-19-20-37-22-33(28)32/h5-22H,1-4H3. The molecule has 0 radical (unpaired) electrons. The van der Waals surface area contributed by atoms with Gasteiger partial charge < -0.3 is 0 Å². The third kappa shape index (κ3) is 4.13. The Morgan fingerprint density at radius 2 is 1.08 bits per heavy atom. The predicted molar refractivity (Wildman–Crippen MR) is 161 cm³/mol. The molecule has 37 heavy (non-hydrogen) atoms. The smallest absolute Gasteiger partial charge is 0.242 e. The van der Waals surface area contributed by atoms with E-state index in [9.17, 15) is 0 Å². The van der Waals surface area contributed by atoms with Gasteiger partial charge in [-0.1, -0.05) is 124 Å². The van der Waals surface area contributed by atoms with Crippen molar-refractivity contribution < 1.29 is 0 Å². The minimum atomic E-state index is 0.201. The van der Waals surface area contributed by atoms with E-state index in [0.717, 1.165) is 0 Å². The van der Waals surface area contributed by atoms with Gasteiger partial charge in [0.1, 0.15) is 0 Å². The number of pyridine rings is 1. The molecule has 0 unspecified atom stereocenters. The molecule has 0 amide bonds. The van der Waals surface area contributed by atoms with Gasteiger partial charge in [0.05, 0.1) is 0 Å². The Labute approximate surface area is 219 Å². The van der Waals surface area contributed by atoms with E-state index >= 15 is 0 Å². The Hall–Kier alpha value is -4.17. The second kappa shape index (κ2) is 9.37. The van der Waals surface area contributed by atoms with Crippen molar-refractivity contribution in [2.24, 2.45) is 0 Å². The predicted octanol–water partition coefficient (Wildman–Crippen LogP) is 6.80. The molecule has 5 aromatic carbocycles. The zero-order valence-corrected chi connectivity index (χ0v) is 21.9. The van der Waals surface area contributed by atoms with Gasteiger partial charge in [-0.25, -0.2) is 0 Å². The van der Waals surface area contributed by atoms with Gasteiger partial charge in [-0.2, -0.15) is 0 Å². The van der Waals surface area contributed by atoms with E-state index in [1.54, 1.807) is 0 Å². The third-order valence-electron chi connectivity index (χ3n) is 7.88. The van der Waals surface area contributed by atoms with E-state index in [-0.39, 0.29) is 6.71 Å². The lowest BCUT2D eigenvalue weighted by molar-refractivity contribution is 1.37. The summed E-state index contributed by atoms with van der Waals surface area (Å²) in [6.45, 7) is 9.17. The number of fused-ring (bicyclic) bond motifs is 3. The molecule has 1 nitrogen and oxygen atoms in total. The van der Waals surface area contributed by atoms with Gasteiger partial charge in [-0.15, -0.1) is 0 Å². The largest absolute Gasteiger partial charge is 0.264 e. The Morgan fingerprint density at radius 1 is 0.514 bits per heavy atom. The SMILES string of the molecule is Cc1cccc(C)c1B(c1ccc(-c2ccc3c(ccc4ccncc43)c2)cc1)c1c(C)cccc1C. The van der Waals surface area contributed by atoms with Gasteiger partial charge in [0.2, 0.25) is 6.71 Å². The van der Waals surface area contributed by atoms with E-state index in [4.69, 9.17) is 0 Å². The molecule has 0 aliphatic heterocycles. The van der Waals surface area contributed by atoms with Gasteiger partial charge in [0.15, 0.2) is 0 Å². The molecule has 1 heterocycles. The minimum absolute atomic E-state index is 0.201. The molecule has 0 spiro atoms. The number of hydrogen-bond donors (Lipinski definition) is 0. The number of hydrogen-bond acceptors (Lipinski definition) is 1. The topological polar surface area (TPSA) is 12.9 Å². The fraction of sp³-hybridized carbons (Fsp3) is 0.114. The summed E-state index contributed by atoms with van der Waals surface area (Å²) >= 11 is 0. The Balaban J connectivity index is 1.46. The molecule has 0 aliphatic carbocycles. The maximum absolute atomic E-state index is 4.34. The van der Waals surface area contributed by atoms with E-state index in [1.807, 2.05) is 12.4 Å². The number of aryl methyl sites for hydroxylation is 4. The van der Waals surface area contributed by atoms with Crippen LogP contribution in [0.4, 0.5) is 0 Å². The van der Waals surface area contributed by atoms with Crippen molar-refractivity contribution in [2.45, 2.75) is 27.7 Å². The molecule has 0 saturated heterocycles. The average Bonchev–Trinajstić information content (AvgIpc) is 2.91. The Morgan fingerprint density at radius 3 is 1.70 bits per heavy atom. The van der Waals surface area contributed by atoms with Crippen LogP contribution in [0.25, 0.3) is 32.7 Å². The molecule has 6 rings (SSSR count). The van der Waals surface area contributed by atoms with Crippen LogP contribution in [0.2, 0.25) is 0 Å². The number of rotatable bonds is 4. The first kappa shape index (κ1) is 23.2. The first-order valence-electron chi connectivity index (χ1n) is 13.0. The van der Waals surface area contributed by atoms with Crippen LogP contribution in [0, 0.1) is 27.7 Å². The summed E-state index contributed by atoms with van der Waals surface area (Å²) in [5, 5.41) is 4.91. The highest BCUT2D eigenvalue weighted by molar-refractivity contribution is 6.96. The Kier molecular flexibility index (Phi) is 5.89. The number of aromatic nitrogens is 1. The highest BCUT2D eigenvalue weighted by atomic mass is 14.6. The molecule has 1 aromatic heterocycles. The van der Waals surface area contributed by atoms with Crippen LogP contribution >= 0.6 is 0 Å². The van der Waals surface area contributed by atoms with Crippen LogP contribution in [0.5, 0.6) is 0 Å². The lowest BCUT2D eigenvalue weighted by atomic mass is 9.34. The summed E-state index contributed by atoms with van der Waals surface area (Å²) in [5.41, 5.74) is 12.0. The first-order chi connectivity index (χ1) is 18.0. The zero-order chi connectivity index (χ0) is 25.5. The molecular weight excluding hydrogens is 445 g/mol. The number of benzene rings is 5. The van der Waals surface area contributed by atoms with Crippen LogP contribution in [0.3, 0.4) is 0 Å². The molecule has 0 fully saturated rings. The minimum Gasteiger partial charge on any atom is -0.264 e. The van der Waals surface area contributed by atoms with Crippen molar-refractivity contribution in [3.63, 3.8) is 0 Å². The Bertz CT molecular complexity index is 1670. The lowest BCUT2D eigenvalue weighted by Crippen LogP contribution is -2.55. The van der Waals surface area contributed by atoms with Gasteiger partial charge in [0, 0.05) is 17.8 Å². The third-order valence-corrected chi connectivity index (χ3v) is 7.88. The van der Waals surface area contributed by atoms with Crippen molar-refractivity contribution >= 4 is 44.6 Å². The van der Waals surface area contributed by atoms with Gasteiger partial charge >= 0.3 is 0 Å². The summed E-state index contributed by atoms with van der Waals surface area (Å²) in [7, 11) is 0. The van der Waals surface area contributed by atoms with Crippen LogP contribution < -0.4 is 16.4 Å².